The molecule has 2 rings (SSSR count). The van der Waals surface area contributed by atoms with Crippen LogP contribution in [0.4, 0.5) is 4.79 Å². The first-order valence-corrected chi connectivity index (χ1v) is 11.9. The third-order valence-corrected chi connectivity index (χ3v) is 7.31. The molecule has 28 heavy (non-hydrogen) atoms. The summed E-state index contributed by atoms with van der Waals surface area (Å²) in [6, 6.07) is 0.387. The number of amides is 1. The van der Waals surface area contributed by atoms with E-state index in [-0.39, 0.29) is 28.3 Å². The molecule has 1 heterocycles. The molecule has 0 aromatic heterocycles. The minimum absolute atomic E-state index is 0.0349. The fourth-order valence-corrected chi connectivity index (χ4v) is 5.00. The number of nitrogens with one attached hydrogen (secondary N) is 1. The van der Waals surface area contributed by atoms with Crippen LogP contribution in [-0.4, -0.2) is 44.5 Å². The van der Waals surface area contributed by atoms with Crippen molar-refractivity contribution < 1.29 is 14.1 Å². The van der Waals surface area contributed by atoms with Crippen LogP contribution in [0.3, 0.4) is 0 Å². The van der Waals surface area contributed by atoms with Crippen LogP contribution in [0.5, 0.6) is 0 Å². The number of carbonyl (C=O) groups is 1. The van der Waals surface area contributed by atoms with Crippen LogP contribution in [0.2, 0.25) is 0 Å². The molecule has 6 heteroatoms. The fraction of sp³-hybridized carbons (Fsp3) is 0.955. The van der Waals surface area contributed by atoms with Crippen molar-refractivity contribution >= 4 is 17.5 Å². The molecule has 2 aliphatic rings. The van der Waals surface area contributed by atoms with Gasteiger partial charge < -0.3 is 14.2 Å². The van der Waals surface area contributed by atoms with Crippen molar-refractivity contribution in [2.75, 3.05) is 6.54 Å². The highest BCUT2D eigenvalue weighted by Crippen LogP contribution is 2.43. The highest BCUT2D eigenvalue weighted by molar-refractivity contribution is 7.90. The summed E-state index contributed by atoms with van der Waals surface area (Å²) < 4.78 is 21.7. The molecule has 0 aromatic carbocycles. The van der Waals surface area contributed by atoms with Crippen LogP contribution in [0.1, 0.15) is 88.0 Å². The molecule has 1 aliphatic carbocycles. The van der Waals surface area contributed by atoms with Crippen molar-refractivity contribution in [2.24, 2.45) is 17.3 Å². The van der Waals surface area contributed by atoms with Crippen molar-refractivity contribution in [1.82, 2.24) is 9.62 Å². The number of carbonyl (C=O) groups excluding carboxylic acids is 1. The average Bonchev–Trinajstić information content (AvgIpc) is 3.33. The second-order valence-electron chi connectivity index (χ2n) is 11.7. The van der Waals surface area contributed by atoms with Gasteiger partial charge in [0.25, 0.3) is 0 Å². The molecule has 0 bridgehead atoms. The molecule has 164 valence electrons. The molecule has 0 radical (unpaired) electrons. The minimum Gasteiger partial charge on any atom is -0.598 e. The smallest absolute Gasteiger partial charge is 0.410 e. The third kappa shape index (κ3) is 6.53. The summed E-state index contributed by atoms with van der Waals surface area (Å²) in [6.07, 6.45) is 4.08. The van der Waals surface area contributed by atoms with Crippen LogP contribution in [0.15, 0.2) is 0 Å². The number of ether oxygens (including phenoxy) is 1. The molecule has 0 spiro atoms. The topological polar surface area (TPSA) is 64.6 Å². The van der Waals surface area contributed by atoms with E-state index in [1.165, 1.54) is 12.8 Å². The first-order chi connectivity index (χ1) is 12.6. The zero-order valence-electron chi connectivity index (χ0n) is 19.4. The number of likely N-dealkylation sites (tertiary alicyclic amines) is 1. The third-order valence-electron chi connectivity index (χ3n) is 5.71. The van der Waals surface area contributed by atoms with Crippen LogP contribution >= 0.6 is 0 Å². The maximum atomic E-state index is 12.8. The molecule has 2 fully saturated rings. The van der Waals surface area contributed by atoms with E-state index < -0.39 is 17.0 Å². The zero-order chi connectivity index (χ0) is 21.5. The summed E-state index contributed by atoms with van der Waals surface area (Å²) >= 11 is -1.07. The number of hydrogen-bond acceptors (Lipinski definition) is 4. The van der Waals surface area contributed by atoms with Gasteiger partial charge in [0.05, 0.1) is 6.04 Å². The maximum absolute atomic E-state index is 12.8. The summed E-state index contributed by atoms with van der Waals surface area (Å²) in [5.74, 6) is 1.05. The lowest BCUT2D eigenvalue weighted by Gasteiger charge is -2.47. The van der Waals surface area contributed by atoms with Crippen LogP contribution < -0.4 is 4.72 Å². The predicted octanol–water partition coefficient (Wildman–Crippen LogP) is 4.88. The predicted molar refractivity (Wildman–Crippen MR) is 116 cm³/mol. The summed E-state index contributed by atoms with van der Waals surface area (Å²) in [5.41, 5.74) is -0.523. The van der Waals surface area contributed by atoms with E-state index in [1.807, 2.05) is 46.4 Å². The molecule has 0 aromatic rings. The van der Waals surface area contributed by atoms with E-state index in [0.29, 0.717) is 18.4 Å². The van der Waals surface area contributed by atoms with Crippen LogP contribution in [0.25, 0.3) is 0 Å². The monoisotopic (exact) mass is 414 g/mol. The summed E-state index contributed by atoms with van der Waals surface area (Å²) in [7, 11) is 0. The molecule has 1 saturated heterocycles. The number of hydrogen-bond donors (Lipinski definition) is 1. The van der Waals surface area contributed by atoms with E-state index in [0.717, 1.165) is 12.8 Å². The second-order valence-corrected chi connectivity index (χ2v) is 13.7. The molecule has 4 atom stereocenters. The Morgan fingerprint density at radius 2 is 1.61 bits per heavy atom. The van der Waals surface area contributed by atoms with Gasteiger partial charge in [0.1, 0.15) is 10.3 Å². The van der Waals surface area contributed by atoms with Gasteiger partial charge in [0.15, 0.2) is 0 Å². The quantitative estimate of drug-likeness (QED) is 0.666. The van der Waals surface area contributed by atoms with Crippen LogP contribution in [-0.2, 0) is 16.1 Å². The van der Waals surface area contributed by atoms with Crippen molar-refractivity contribution in [1.29, 1.82) is 0 Å². The SMILES string of the molecule is CC(C)(C)OC(=O)N1CCC([C@H](N[S+]([O-])C(C)(C)C)C2CC2)CC1C(C)(C)C. The van der Waals surface area contributed by atoms with Gasteiger partial charge in [-0.1, -0.05) is 20.8 Å². The maximum Gasteiger partial charge on any atom is 0.410 e. The Morgan fingerprint density at radius 1 is 1.04 bits per heavy atom. The standard InChI is InChI=1S/C22H42N2O3S/c1-20(2,3)17-14-16(12-13-24(17)19(25)27-21(4,5)6)18(15-10-11-15)23-28(26)22(7,8)9/h15-18,23H,10-14H2,1-9H3/t16?,17?,18-,28?/m1/s1. The summed E-state index contributed by atoms with van der Waals surface area (Å²) in [4.78, 5) is 14.8. The summed E-state index contributed by atoms with van der Waals surface area (Å²) in [6.45, 7) is 19.1. The lowest BCUT2D eigenvalue weighted by molar-refractivity contribution is -0.0184. The van der Waals surface area contributed by atoms with Gasteiger partial charge in [-0.25, -0.2) is 4.79 Å². The molecular weight excluding hydrogens is 372 g/mol. The fourth-order valence-electron chi connectivity index (χ4n) is 4.01. The Labute approximate surface area is 175 Å². The first-order valence-electron chi connectivity index (χ1n) is 10.8. The lowest BCUT2D eigenvalue weighted by Crippen LogP contribution is -2.57. The van der Waals surface area contributed by atoms with E-state index >= 15 is 0 Å². The minimum atomic E-state index is -1.07. The van der Waals surface area contributed by atoms with Crippen molar-refractivity contribution in [3.8, 4) is 0 Å². The van der Waals surface area contributed by atoms with Crippen molar-refractivity contribution in [3.63, 3.8) is 0 Å². The summed E-state index contributed by atoms with van der Waals surface area (Å²) in [5, 5.41) is 0. The zero-order valence-corrected chi connectivity index (χ0v) is 20.2. The molecular formula is C22H42N2O3S. The van der Waals surface area contributed by atoms with Gasteiger partial charge >= 0.3 is 6.09 Å². The Morgan fingerprint density at radius 3 is 2.04 bits per heavy atom. The molecule has 3 unspecified atom stereocenters. The molecule has 1 amide bonds. The van der Waals surface area contributed by atoms with Gasteiger partial charge in [-0.3, -0.25) is 0 Å². The first kappa shape index (κ1) is 23.8. The Bertz CT molecular complexity index is 543. The Balaban J connectivity index is 2.15. The Kier molecular flexibility index (Phi) is 7.10. The second kappa shape index (κ2) is 8.35. The largest absolute Gasteiger partial charge is 0.598 e. The van der Waals surface area contributed by atoms with Gasteiger partial charge in [-0.15, -0.1) is 4.72 Å². The lowest BCUT2D eigenvalue weighted by atomic mass is 9.74. The van der Waals surface area contributed by atoms with Crippen molar-refractivity contribution in [2.45, 2.75) is 110 Å². The highest BCUT2D eigenvalue weighted by atomic mass is 32.2. The van der Waals surface area contributed by atoms with Crippen molar-refractivity contribution in [3.05, 3.63) is 0 Å². The number of piperidine rings is 1. The molecule has 5 nitrogen and oxygen atoms in total. The van der Waals surface area contributed by atoms with E-state index in [1.54, 1.807) is 0 Å². The number of rotatable bonds is 4. The van der Waals surface area contributed by atoms with Crippen LogP contribution in [0, 0.1) is 17.3 Å². The molecule has 1 saturated carbocycles. The highest BCUT2D eigenvalue weighted by Gasteiger charge is 2.47. The normalized spacial score (nSPS) is 26.7. The Hall–Kier alpha value is -0.460. The number of nitrogens with zero attached hydrogens (tertiary/aromatic N) is 1. The van der Waals surface area contributed by atoms with Gasteiger partial charge in [0, 0.05) is 23.9 Å². The van der Waals surface area contributed by atoms with E-state index in [4.69, 9.17) is 4.74 Å². The van der Waals surface area contributed by atoms with Gasteiger partial charge in [-0.2, -0.15) is 0 Å². The van der Waals surface area contributed by atoms with E-state index in [2.05, 4.69) is 25.5 Å². The molecule has 1 N–H and O–H groups in total. The van der Waals surface area contributed by atoms with Gasteiger partial charge in [0.2, 0.25) is 0 Å². The van der Waals surface area contributed by atoms with Gasteiger partial charge in [-0.05, 0) is 84.5 Å². The molecule has 1 aliphatic heterocycles. The average molecular weight is 415 g/mol. The van der Waals surface area contributed by atoms with E-state index in [9.17, 15) is 9.35 Å².